The van der Waals surface area contributed by atoms with Crippen LogP contribution in [-0.2, 0) is 24.0 Å². The molecule has 1 heterocycles. The van der Waals surface area contributed by atoms with Gasteiger partial charge in [0, 0.05) is 0 Å². The topological polar surface area (TPSA) is 130 Å². The van der Waals surface area contributed by atoms with Gasteiger partial charge in [0.1, 0.15) is 0 Å². The number of rotatable bonds is 0. The Kier molecular flexibility index (Phi) is 2.21. The number of carbonyl (C=O) groups is 4. The Morgan fingerprint density at radius 2 is 1.07 bits per heavy atom. The van der Waals surface area contributed by atoms with Gasteiger partial charge in [0.25, 0.3) is 0 Å². The van der Waals surface area contributed by atoms with Crippen LogP contribution in [0.15, 0.2) is 0 Å². The second-order valence-electron chi connectivity index (χ2n) is 1.81. The predicted molar refractivity (Wildman–Crippen MR) is 33.8 cm³/mol. The van der Waals surface area contributed by atoms with Crippen LogP contribution in [0.1, 0.15) is 0 Å². The monoisotopic (exact) mass is 224 g/mol. The lowest BCUT2D eigenvalue weighted by molar-refractivity contribution is 0.0678. The molecule has 0 aromatic rings. The van der Waals surface area contributed by atoms with Gasteiger partial charge in [-0.3, -0.25) is 0 Å². The molecule has 0 unspecified atom stereocenters. The predicted octanol–water partition coefficient (Wildman–Crippen LogP) is -0.0554. The first-order chi connectivity index (χ1) is 6.34. The van der Waals surface area contributed by atoms with Gasteiger partial charge in [-0.05, 0) is 0 Å². The summed E-state index contributed by atoms with van der Waals surface area (Å²) in [6.07, 6.45) is -3.79. The summed E-state index contributed by atoms with van der Waals surface area (Å²) in [7, 11) is -5.11. The first kappa shape index (κ1) is 10.1. The van der Waals surface area contributed by atoms with E-state index in [1.54, 1.807) is 0 Å². The van der Waals surface area contributed by atoms with Crippen molar-refractivity contribution in [1.29, 1.82) is 0 Å². The summed E-state index contributed by atoms with van der Waals surface area (Å²) in [5.74, 6) is 0. The van der Waals surface area contributed by atoms with E-state index < -0.39 is 32.8 Å². The molecule has 9 nitrogen and oxygen atoms in total. The first-order valence-corrected chi connectivity index (χ1v) is 4.27. The molecule has 0 aromatic heterocycles. The Balaban J connectivity index is 3.12. The summed E-state index contributed by atoms with van der Waals surface area (Å²) in [5.41, 5.74) is 0. The fourth-order valence-electron chi connectivity index (χ4n) is 0.424. The fraction of sp³-hybridized carbons (Fsp3) is 0. The Hall–Kier alpha value is -1.97. The van der Waals surface area contributed by atoms with Crippen LogP contribution >= 0.6 is 0 Å². The minimum absolute atomic E-state index is 1.89. The van der Waals surface area contributed by atoms with Crippen LogP contribution < -0.4 is 0 Å². The maximum absolute atomic E-state index is 10.7. The Morgan fingerprint density at radius 1 is 0.714 bits per heavy atom. The van der Waals surface area contributed by atoms with Gasteiger partial charge in [-0.15, -0.1) is 0 Å². The molecule has 0 radical (unpaired) electrons. The summed E-state index contributed by atoms with van der Waals surface area (Å²) < 4.78 is 31.7. The zero-order valence-electron chi connectivity index (χ0n) is 6.08. The average Bonchev–Trinajstić information content (AvgIpc) is 2.01. The molecule has 0 aromatic carbocycles. The van der Waals surface area contributed by atoms with E-state index in [4.69, 9.17) is 0 Å². The minimum Gasteiger partial charge on any atom is -0.347 e. The number of cyclic esters (lactones) is 6. The third kappa shape index (κ3) is 1.69. The normalized spacial score (nSPS) is 21.4. The maximum atomic E-state index is 10.7. The van der Waals surface area contributed by atoms with Gasteiger partial charge in [0.15, 0.2) is 0 Å². The molecule has 0 bridgehead atoms. The second-order valence-corrected chi connectivity index (χ2v) is 3.48. The number of hydrogen-bond acceptors (Lipinski definition) is 9. The summed E-state index contributed by atoms with van der Waals surface area (Å²) in [6.45, 7) is 0. The van der Waals surface area contributed by atoms with Crippen LogP contribution in [0.2, 0.25) is 0 Å². The van der Waals surface area contributed by atoms with Gasteiger partial charge >= 0.3 is 32.8 Å². The van der Waals surface area contributed by atoms with Crippen molar-refractivity contribution in [2.75, 3.05) is 0 Å². The van der Waals surface area contributed by atoms with Gasteiger partial charge in [0.05, 0.1) is 0 Å². The van der Waals surface area contributed by atoms with E-state index in [-0.39, 0.29) is 0 Å². The van der Waals surface area contributed by atoms with Crippen LogP contribution in [0, 0.1) is 0 Å². The molecule has 0 N–H and O–H groups in total. The van der Waals surface area contributed by atoms with E-state index in [9.17, 15) is 27.6 Å². The van der Waals surface area contributed by atoms with Gasteiger partial charge in [-0.2, -0.15) is 0 Å². The molecule has 1 aliphatic heterocycles. The summed E-state index contributed by atoms with van der Waals surface area (Å²) in [4.78, 5) is 41.6. The van der Waals surface area contributed by atoms with E-state index in [1.807, 2.05) is 0 Å². The Labute approximate surface area is 75.4 Å². The zero-order valence-corrected chi connectivity index (χ0v) is 6.90. The molecule has 0 spiro atoms. The molecular weight excluding hydrogens is 224 g/mol. The van der Waals surface area contributed by atoms with E-state index in [2.05, 4.69) is 14.2 Å². The Bertz CT molecular complexity index is 394. The number of sulfone groups is 1. The van der Waals surface area contributed by atoms with Gasteiger partial charge in [0.2, 0.25) is 0 Å². The molecule has 0 saturated carbocycles. The fourth-order valence-corrected chi connectivity index (χ4v) is 0.915. The van der Waals surface area contributed by atoms with E-state index in [1.165, 1.54) is 0 Å². The highest BCUT2D eigenvalue weighted by atomic mass is 32.2. The number of hydrogen-bond donors (Lipinski definition) is 0. The van der Waals surface area contributed by atoms with E-state index >= 15 is 0 Å². The largest absolute Gasteiger partial charge is 0.527 e. The highest BCUT2D eigenvalue weighted by molar-refractivity contribution is 8.18. The lowest BCUT2D eigenvalue weighted by atomic mass is 11.2. The van der Waals surface area contributed by atoms with Gasteiger partial charge < -0.3 is 14.2 Å². The number of ether oxygens (including phenoxy) is 3. The highest BCUT2D eigenvalue weighted by Gasteiger charge is 2.42. The minimum atomic E-state index is -5.11. The van der Waals surface area contributed by atoms with Crippen molar-refractivity contribution in [3.05, 3.63) is 0 Å². The second kappa shape index (κ2) is 3.06. The molecule has 0 atom stereocenters. The molecule has 1 saturated heterocycles. The Morgan fingerprint density at radius 3 is 1.43 bits per heavy atom. The maximum Gasteiger partial charge on any atom is 0.527 e. The van der Waals surface area contributed by atoms with Crippen LogP contribution in [0.4, 0.5) is 19.2 Å². The van der Waals surface area contributed by atoms with Crippen molar-refractivity contribution in [3.8, 4) is 0 Å². The average molecular weight is 224 g/mol. The lowest BCUT2D eigenvalue weighted by Gasteiger charge is -2.06. The van der Waals surface area contributed by atoms with Crippen LogP contribution in [0.25, 0.3) is 0 Å². The molecule has 14 heavy (non-hydrogen) atoms. The quantitative estimate of drug-likeness (QED) is 0.410. The third-order valence-corrected chi connectivity index (χ3v) is 1.98. The van der Waals surface area contributed by atoms with Crippen molar-refractivity contribution in [3.63, 3.8) is 0 Å². The number of carbonyl (C=O) groups excluding carboxylic acids is 4. The van der Waals surface area contributed by atoms with Gasteiger partial charge in [-0.25, -0.2) is 27.6 Å². The molecule has 76 valence electrons. The summed E-state index contributed by atoms with van der Waals surface area (Å²) in [5, 5.41) is -4.33. The molecular formula is C4O9S. The van der Waals surface area contributed by atoms with Crippen LogP contribution in [-0.4, -0.2) is 31.3 Å². The standard InChI is InChI=1S/C4O9S/c5-1-11-2(6)13-4(8)14(9,10)3(7)12-1. The van der Waals surface area contributed by atoms with Crippen molar-refractivity contribution >= 4 is 32.8 Å². The molecule has 0 aliphatic carbocycles. The molecule has 1 rings (SSSR count). The van der Waals surface area contributed by atoms with E-state index in [0.29, 0.717) is 0 Å². The third-order valence-electron chi connectivity index (χ3n) is 0.939. The lowest BCUT2D eigenvalue weighted by Crippen LogP contribution is -2.33. The van der Waals surface area contributed by atoms with Crippen molar-refractivity contribution in [1.82, 2.24) is 0 Å². The van der Waals surface area contributed by atoms with Crippen LogP contribution in [0.3, 0.4) is 0 Å². The zero-order chi connectivity index (χ0) is 10.9. The summed E-state index contributed by atoms with van der Waals surface area (Å²) >= 11 is 0. The van der Waals surface area contributed by atoms with Crippen molar-refractivity contribution in [2.24, 2.45) is 0 Å². The van der Waals surface area contributed by atoms with Crippen molar-refractivity contribution < 1.29 is 41.8 Å². The van der Waals surface area contributed by atoms with Crippen LogP contribution in [0.5, 0.6) is 0 Å². The molecule has 1 aliphatic rings. The summed E-state index contributed by atoms with van der Waals surface area (Å²) in [6, 6.07) is 0. The van der Waals surface area contributed by atoms with E-state index in [0.717, 1.165) is 0 Å². The highest BCUT2D eigenvalue weighted by Crippen LogP contribution is 2.08. The van der Waals surface area contributed by atoms with Crippen molar-refractivity contribution in [2.45, 2.75) is 0 Å². The first-order valence-electron chi connectivity index (χ1n) is 2.78. The molecule has 10 heteroatoms. The molecule has 1 fully saturated rings. The molecule has 0 amide bonds. The van der Waals surface area contributed by atoms with Gasteiger partial charge in [-0.1, -0.05) is 0 Å². The SMILES string of the molecule is O=C1OC(=O)OC(=O)S(=O)(=O)C(=O)O1. The smallest absolute Gasteiger partial charge is 0.347 e.